The third-order valence-corrected chi connectivity index (χ3v) is 3.74. The smallest absolute Gasteiger partial charge is 0.243 e. The molecule has 0 spiro atoms. The fourth-order valence-electron chi connectivity index (χ4n) is 2.54. The van der Waals surface area contributed by atoms with Gasteiger partial charge in [-0.2, -0.15) is 0 Å². The molecule has 0 bridgehead atoms. The lowest BCUT2D eigenvalue weighted by atomic mass is 9.98. The first kappa shape index (κ1) is 16.0. The Hall–Kier alpha value is -2.36. The van der Waals surface area contributed by atoms with E-state index in [-0.39, 0.29) is 11.8 Å². The van der Waals surface area contributed by atoms with Gasteiger partial charge in [0.2, 0.25) is 11.8 Å². The second-order valence-electron chi connectivity index (χ2n) is 5.38. The summed E-state index contributed by atoms with van der Waals surface area (Å²) in [5.41, 5.74) is 2.06. The summed E-state index contributed by atoms with van der Waals surface area (Å²) in [6, 6.07) is 8.69. The van der Waals surface area contributed by atoms with Crippen molar-refractivity contribution >= 4 is 11.8 Å². The van der Waals surface area contributed by atoms with E-state index in [2.05, 4.69) is 10.6 Å². The average molecular weight is 298 g/mol. The van der Waals surface area contributed by atoms with Gasteiger partial charge in [0.25, 0.3) is 0 Å². The lowest BCUT2D eigenvalue weighted by Gasteiger charge is -2.30. The summed E-state index contributed by atoms with van der Waals surface area (Å²) in [4.78, 5) is 24.4. The second kappa shape index (κ2) is 7.59. The van der Waals surface area contributed by atoms with Crippen LogP contribution in [0.2, 0.25) is 0 Å². The van der Waals surface area contributed by atoms with E-state index in [1.165, 1.54) is 0 Å². The lowest BCUT2D eigenvalue weighted by molar-refractivity contribution is -0.136. The van der Waals surface area contributed by atoms with Crippen LogP contribution in [0.3, 0.4) is 0 Å². The van der Waals surface area contributed by atoms with Crippen molar-refractivity contribution in [1.29, 1.82) is 0 Å². The van der Waals surface area contributed by atoms with E-state index in [0.29, 0.717) is 12.8 Å². The summed E-state index contributed by atoms with van der Waals surface area (Å²) in [6.07, 6.45) is 6.86. The topological polar surface area (TPSA) is 58.2 Å². The molecular formula is C18H22N2O2. The Bertz CT molecular complexity index is 590. The first-order valence-electron chi connectivity index (χ1n) is 7.56. The molecule has 116 valence electrons. The number of hydrogen-bond donors (Lipinski definition) is 2. The fourth-order valence-corrected chi connectivity index (χ4v) is 2.54. The molecule has 4 heteroatoms. The van der Waals surface area contributed by atoms with Gasteiger partial charge in [-0.05, 0) is 19.4 Å². The van der Waals surface area contributed by atoms with Crippen molar-refractivity contribution in [3.05, 3.63) is 59.7 Å². The highest BCUT2D eigenvalue weighted by Gasteiger charge is 2.33. The van der Waals surface area contributed by atoms with Crippen LogP contribution >= 0.6 is 0 Å². The molecule has 0 saturated carbocycles. The van der Waals surface area contributed by atoms with Gasteiger partial charge in [-0.1, -0.05) is 54.1 Å². The molecule has 2 atom stereocenters. The molecule has 1 aromatic carbocycles. The molecule has 22 heavy (non-hydrogen) atoms. The highest BCUT2D eigenvalue weighted by molar-refractivity contribution is 5.97. The van der Waals surface area contributed by atoms with Gasteiger partial charge in [0, 0.05) is 12.8 Å². The van der Waals surface area contributed by atoms with Gasteiger partial charge in [0.15, 0.2) is 0 Å². The van der Waals surface area contributed by atoms with Crippen LogP contribution in [0.4, 0.5) is 0 Å². The molecule has 0 aromatic heterocycles. The SMILES string of the molecule is CC=CC(=CC)CC1NC(=O)C(Cc2ccccc2)NC1=O. The Morgan fingerprint density at radius 2 is 1.68 bits per heavy atom. The molecule has 1 saturated heterocycles. The van der Waals surface area contributed by atoms with Crippen molar-refractivity contribution < 1.29 is 9.59 Å². The van der Waals surface area contributed by atoms with Crippen LogP contribution in [0.1, 0.15) is 25.8 Å². The standard InChI is InChI=1S/C18H22N2O2/c1-3-8-13(4-2)11-15-17(21)20-16(18(22)19-15)12-14-9-6-5-7-10-14/h3-10,15-16H,11-12H2,1-2H3,(H,19,22)(H,20,21). The highest BCUT2D eigenvalue weighted by atomic mass is 16.2. The molecule has 2 rings (SSSR count). The number of amides is 2. The molecular weight excluding hydrogens is 276 g/mol. The Balaban J connectivity index is 2.00. The molecule has 0 aliphatic carbocycles. The zero-order chi connectivity index (χ0) is 15.9. The van der Waals surface area contributed by atoms with Crippen molar-refractivity contribution in [2.75, 3.05) is 0 Å². The predicted octanol–water partition coefficient (Wildman–Crippen LogP) is 2.12. The molecule has 1 fully saturated rings. The molecule has 0 radical (unpaired) electrons. The summed E-state index contributed by atoms with van der Waals surface area (Å²) in [6.45, 7) is 3.86. The quantitative estimate of drug-likeness (QED) is 0.818. The van der Waals surface area contributed by atoms with E-state index in [9.17, 15) is 9.59 Å². The zero-order valence-electron chi connectivity index (χ0n) is 13.0. The van der Waals surface area contributed by atoms with Crippen molar-refractivity contribution in [2.24, 2.45) is 0 Å². The van der Waals surface area contributed by atoms with Crippen LogP contribution in [-0.4, -0.2) is 23.9 Å². The Morgan fingerprint density at radius 3 is 2.32 bits per heavy atom. The number of carbonyl (C=O) groups is 2. The maximum absolute atomic E-state index is 12.2. The van der Waals surface area contributed by atoms with E-state index in [1.807, 2.05) is 62.4 Å². The van der Waals surface area contributed by atoms with Gasteiger partial charge in [0.05, 0.1) is 0 Å². The van der Waals surface area contributed by atoms with Gasteiger partial charge in [-0.3, -0.25) is 9.59 Å². The third kappa shape index (κ3) is 4.07. The molecule has 1 aromatic rings. The van der Waals surface area contributed by atoms with E-state index >= 15 is 0 Å². The molecule has 1 aliphatic heterocycles. The van der Waals surface area contributed by atoms with Crippen LogP contribution in [0.5, 0.6) is 0 Å². The second-order valence-corrected chi connectivity index (χ2v) is 5.38. The Morgan fingerprint density at radius 1 is 1.05 bits per heavy atom. The highest BCUT2D eigenvalue weighted by Crippen LogP contribution is 2.13. The molecule has 2 unspecified atom stereocenters. The van der Waals surface area contributed by atoms with E-state index < -0.39 is 12.1 Å². The maximum atomic E-state index is 12.2. The average Bonchev–Trinajstić information content (AvgIpc) is 2.52. The molecule has 2 N–H and O–H groups in total. The maximum Gasteiger partial charge on any atom is 0.243 e. The summed E-state index contributed by atoms with van der Waals surface area (Å²) in [5.74, 6) is -0.242. The van der Waals surface area contributed by atoms with Gasteiger partial charge in [-0.25, -0.2) is 0 Å². The Kier molecular flexibility index (Phi) is 5.53. The summed E-state index contributed by atoms with van der Waals surface area (Å²) >= 11 is 0. The first-order valence-corrected chi connectivity index (χ1v) is 7.56. The predicted molar refractivity (Wildman–Crippen MR) is 87.2 cm³/mol. The fraction of sp³-hybridized carbons (Fsp3) is 0.333. The molecule has 4 nitrogen and oxygen atoms in total. The van der Waals surface area contributed by atoms with E-state index in [1.54, 1.807) is 0 Å². The summed E-state index contributed by atoms with van der Waals surface area (Å²) < 4.78 is 0. The van der Waals surface area contributed by atoms with Crippen molar-refractivity contribution in [2.45, 2.75) is 38.8 Å². The lowest BCUT2D eigenvalue weighted by Crippen LogP contribution is -2.62. The zero-order valence-corrected chi connectivity index (χ0v) is 13.0. The number of allylic oxidation sites excluding steroid dienone is 3. The van der Waals surface area contributed by atoms with Crippen LogP contribution in [-0.2, 0) is 16.0 Å². The summed E-state index contributed by atoms with van der Waals surface area (Å²) in [7, 11) is 0. The number of piperazine rings is 1. The van der Waals surface area contributed by atoms with Gasteiger partial charge < -0.3 is 10.6 Å². The number of carbonyl (C=O) groups excluding carboxylic acids is 2. The number of nitrogens with one attached hydrogen (secondary N) is 2. The molecule has 2 amide bonds. The minimum atomic E-state index is -0.498. The van der Waals surface area contributed by atoms with E-state index in [4.69, 9.17) is 0 Å². The number of hydrogen-bond acceptors (Lipinski definition) is 2. The first-order chi connectivity index (χ1) is 10.6. The largest absolute Gasteiger partial charge is 0.342 e. The molecule has 1 heterocycles. The summed E-state index contributed by atoms with van der Waals surface area (Å²) in [5, 5.41) is 5.67. The van der Waals surface area contributed by atoms with Gasteiger partial charge >= 0.3 is 0 Å². The molecule has 1 aliphatic rings. The minimum Gasteiger partial charge on any atom is -0.342 e. The minimum absolute atomic E-state index is 0.121. The normalized spacial score (nSPS) is 22.5. The van der Waals surface area contributed by atoms with Crippen molar-refractivity contribution in [3.8, 4) is 0 Å². The van der Waals surface area contributed by atoms with Crippen molar-refractivity contribution in [3.63, 3.8) is 0 Å². The number of rotatable bonds is 5. The van der Waals surface area contributed by atoms with Crippen LogP contribution in [0.15, 0.2) is 54.1 Å². The third-order valence-electron chi connectivity index (χ3n) is 3.74. The van der Waals surface area contributed by atoms with E-state index in [0.717, 1.165) is 11.1 Å². The van der Waals surface area contributed by atoms with Crippen LogP contribution in [0.25, 0.3) is 0 Å². The van der Waals surface area contributed by atoms with Gasteiger partial charge in [0.1, 0.15) is 12.1 Å². The van der Waals surface area contributed by atoms with Crippen LogP contribution < -0.4 is 10.6 Å². The van der Waals surface area contributed by atoms with Crippen molar-refractivity contribution in [1.82, 2.24) is 10.6 Å². The van der Waals surface area contributed by atoms with Crippen LogP contribution in [0, 0.1) is 0 Å². The van der Waals surface area contributed by atoms with Gasteiger partial charge in [-0.15, -0.1) is 0 Å². The number of benzene rings is 1. The monoisotopic (exact) mass is 298 g/mol. The Labute approximate surface area is 131 Å².